The zero-order valence-corrected chi connectivity index (χ0v) is 22.5. The van der Waals surface area contributed by atoms with Crippen molar-refractivity contribution in [2.45, 2.75) is 25.8 Å². The summed E-state index contributed by atoms with van der Waals surface area (Å²) >= 11 is 0. The average molecular weight is 521 g/mol. The standard InChI is InChI=1S/C30H32N8O/c1-5-28(39)34-26-15-27(38-12-10-21(11-13-38)37(3)4)19(2)14-25(26)35-30-33-17-20(16-31)29(36-30)23-18-32-24-9-7-6-8-22(23)24/h5-9,14-15,17-18,21,32H,1,10-13H2,2-4H3,(H,34,39)(H,33,35,36). The predicted octanol–water partition coefficient (Wildman–Crippen LogP) is 5.20. The molecule has 1 saturated heterocycles. The number of nitrogens with zero attached hydrogens (tertiary/aromatic N) is 5. The summed E-state index contributed by atoms with van der Waals surface area (Å²) in [6, 6.07) is 14.7. The summed E-state index contributed by atoms with van der Waals surface area (Å²) in [5, 5.41) is 16.9. The Hall–Kier alpha value is -4.68. The number of piperidine rings is 1. The molecule has 0 unspecified atom stereocenters. The summed E-state index contributed by atoms with van der Waals surface area (Å²) in [5.41, 5.74) is 6.10. The molecule has 198 valence electrons. The largest absolute Gasteiger partial charge is 0.371 e. The molecule has 4 aromatic rings. The number of nitriles is 1. The van der Waals surface area contributed by atoms with E-state index >= 15 is 0 Å². The first-order valence-electron chi connectivity index (χ1n) is 13.0. The van der Waals surface area contributed by atoms with Crippen molar-refractivity contribution in [2.24, 2.45) is 0 Å². The van der Waals surface area contributed by atoms with E-state index in [1.807, 2.05) is 42.6 Å². The fourth-order valence-corrected chi connectivity index (χ4v) is 5.17. The molecule has 1 amide bonds. The van der Waals surface area contributed by atoms with Crippen molar-refractivity contribution in [3.05, 3.63) is 72.6 Å². The molecule has 0 spiro atoms. The number of para-hydroxylation sites is 1. The molecule has 5 rings (SSSR count). The van der Waals surface area contributed by atoms with E-state index in [2.05, 4.69) is 64.1 Å². The molecular formula is C30H32N8O. The monoisotopic (exact) mass is 520 g/mol. The fourth-order valence-electron chi connectivity index (χ4n) is 5.17. The van der Waals surface area contributed by atoms with Crippen LogP contribution in [-0.4, -0.2) is 59.0 Å². The molecule has 0 saturated carbocycles. The summed E-state index contributed by atoms with van der Waals surface area (Å²) in [6.07, 6.45) is 6.78. The van der Waals surface area contributed by atoms with E-state index < -0.39 is 0 Å². The molecule has 9 heteroatoms. The normalized spacial score (nSPS) is 13.9. The van der Waals surface area contributed by atoms with Gasteiger partial charge in [0.15, 0.2) is 0 Å². The van der Waals surface area contributed by atoms with E-state index in [4.69, 9.17) is 4.98 Å². The van der Waals surface area contributed by atoms with Gasteiger partial charge in [0.1, 0.15) is 6.07 Å². The Morgan fingerprint density at radius 1 is 1.23 bits per heavy atom. The van der Waals surface area contributed by atoms with Gasteiger partial charge in [-0.3, -0.25) is 4.79 Å². The molecule has 0 aliphatic carbocycles. The van der Waals surface area contributed by atoms with Gasteiger partial charge in [0, 0.05) is 47.5 Å². The first-order chi connectivity index (χ1) is 18.9. The minimum atomic E-state index is -0.306. The van der Waals surface area contributed by atoms with Crippen LogP contribution in [0.2, 0.25) is 0 Å². The Kier molecular flexibility index (Phi) is 7.30. The van der Waals surface area contributed by atoms with Gasteiger partial charge in [0.2, 0.25) is 11.9 Å². The molecule has 2 aromatic carbocycles. The second kappa shape index (κ2) is 11.0. The quantitative estimate of drug-likeness (QED) is 0.287. The highest BCUT2D eigenvalue weighted by atomic mass is 16.1. The number of benzene rings is 2. The van der Waals surface area contributed by atoms with Crippen LogP contribution in [0.15, 0.2) is 61.4 Å². The zero-order valence-electron chi connectivity index (χ0n) is 22.5. The SMILES string of the molecule is C=CC(=O)Nc1cc(N2CCC(N(C)C)CC2)c(C)cc1Nc1ncc(C#N)c(-c2c[nH]c3ccccc23)n1. The van der Waals surface area contributed by atoms with E-state index in [1.165, 1.54) is 12.3 Å². The van der Waals surface area contributed by atoms with E-state index in [-0.39, 0.29) is 5.91 Å². The molecule has 9 nitrogen and oxygen atoms in total. The van der Waals surface area contributed by atoms with Gasteiger partial charge >= 0.3 is 0 Å². The summed E-state index contributed by atoms with van der Waals surface area (Å²) in [4.78, 5) is 29.4. The summed E-state index contributed by atoms with van der Waals surface area (Å²) in [6.45, 7) is 7.55. The third kappa shape index (κ3) is 5.33. The van der Waals surface area contributed by atoms with Gasteiger partial charge in [0.25, 0.3) is 0 Å². The second-order valence-corrected chi connectivity index (χ2v) is 10.0. The van der Waals surface area contributed by atoms with Crippen LogP contribution in [0, 0.1) is 18.3 Å². The van der Waals surface area contributed by atoms with Crippen molar-refractivity contribution in [2.75, 3.05) is 42.7 Å². The van der Waals surface area contributed by atoms with Crippen LogP contribution in [0.3, 0.4) is 0 Å². The van der Waals surface area contributed by atoms with Crippen molar-refractivity contribution >= 4 is 39.8 Å². The maximum Gasteiger partial charge on any atom is 0.247 e. The first kappa shape index (κ1) is 25.9. The van der Waals surface area contributed by atoms with Crippen molar-refractivity contribution < 1.29 is 4.79 Å². The topological polar surface area (TPSA) is 113 Å². The lowest BCUT2D eigenvalue weighted by atomic mass is 10.0. The number of aromatic amines is 1. The maximum atomic E-state index is 12.3. The van der Waals surface area contributed by atoms with Gasteiger partial charge in [-0.05, 0) is 63.7 Å². The summed E-state index contributed by atoms with van der Waals surface area (Å²) < 4.78 is 0. The van der Waals surface area contributed by atoms with Crippen LogP contribution >= 0.6 is 0 Å². The van der Waals surface area contributed by atoms with Crippen LogP contribution in [-0.2, 0) is 4.79 Å². The molecule has 1 aliphatic heterocycles. The third-order valence-electron chi connectivity index (χ3n) is 7.31. The van der Waals surface area contributed by atoms with E-state index in [1.54, 1.807) is 0 Å². The molecule has 2 aromatic heterocycles. The van der Waals surface area contributed by atoms with Crippen LogP contribution in [0.4, 0.5) is 23.0 Å². The predicted molar refractivity (Wildman–Crippen MR) is 156 cm³/mol. The number of hydrogen-bond acceptors (Lipinski definition) is 7. The second-order valence-electron chi connectivity index (χ2n) is 10.0. The van der Waals surface area contributed by atoms with Gasteiger partial charge in [-0.1, -0.05) is 24.8 Å². The maximum absolute atomic E-state index is 12.3. The lowest BCUT2D eigenvalue weighted by Gasteiger charge is -2.37. The smallest absolute Gasteiger partial charge is 0.247 e. The number of aromatic nitrogens is 3. The van der Waals surface area contributed by atoms with Gasteiger partial charge in [-0.15, -0.1) is 0 Å². The number of amides is 1. The van der Waals surface area contributed by atoms with Crippen LogP contribution in [0.25, 0.3) is 22.2 Å². The molecule has 3 heterocycles. The zero-order chi connectivity index (χ0) is 27.5. The number of aryl methyl sites for hydroxylation is 1. The van der Waals surface area contributed by atoms with E-state index in [0.29, 0.717) is 34.6 Å². The third-order valence-corrected chi connectivity index (χ3v) is 7.31. The minimum absolute atomic E-state index is 0.306. The first-order valence-corrected chi connectivity index (χ1v) is 13.0. The highest BCUT2D eigenvalue weighted by Gasteiger charge is 2.23. The summed E-state index contributed by atoms with van der Waals surface area (Å²) in [5.74, 6) is 0.0155. The van der Waals surface area contributed by atoms with Crippen LogP contribution in [0.5, 0.6) is 0 Å². The molecule has 1 aliphatic rings. The molecular weight excluding hydrogens is 488 g/mol. The number of hydrogen-bond donors (Lipinski definition) is 3. The van der Waals surface area contributed by atoms with Crippen LogP contribution < -0.4 is 15.5 Å². The number of nitrogens with one attached hydrogen (secondary N) is 3. The van der Waals surface area contributed by atoms with Crippen LogP contribution in [0.1, 0.15) is 24.0 Å². The highest BCUT2D eigenvalue weighted by molar-refractivity contribution is 6.02. The number of carbonyl (C=O) groups excluding carboxylic acids is 1. The Morgan fingerprint density at radius 2 is 2.00 bits per heavy atom. The minimum Gasteiger partial charge on any atom is -0.371 e. The van der Waals surface area contributed by atoms with Gasteiger partial charge < -0.3 is 25.4 Å². The van der Waals surface area contributed by atoms with E-state index in [0.717, 1.165) is 53.6 Å². The Morgan fingerprint density at radius 3 is 2.72 bits per heavy atom. The Balaban J connectivity index is 1.50. The van der Waals surface area contributed by atoms with Gasteiger partial charge in [-0.25, -0.2) is 9.97 Å². The molecule has 1 fully saturated rings. The van der Waals surface area contributed by atoms with Crippen molar-refractivity contribution in [3.8, 4) is 17.3 Å². The number of rotatable bonds is 7. The lowest BCUT2D eigenvalue weighted by Crippen LogP contribution is -2.42. The van der Waals surface area contributed by atoms with E-state index in [9.17, 15) is 10.1 Å². The molecule has 39 heavy (non-hydrogen) atoms. The fraction of sp³-hybridized carbons (Fsp3) is 0.267. The van der Waals surface area contributed by atoms with Gasteiger partial charge in [0.05, 0.1) is 28.8 Å². The average Bonchev–Trinajstić information content (AvgIpc) is 3.38. The molecule has 0 radical (unpaired) electrons. The number of anilines is 4. The van der Waals surface area contributed by atoms with Crippen molar-refractivity contribution in [1.82, 2.24) is 19.9 Å². The molecule has 0 bridgehead atoms. The lowest BCUT2D eigenvalue weighted by molar-refractivity contribution is -0.111. The summed E-state index contributed by atoms with van der Waals surface area (Å²) in [7, 11) is 4.26. The molecule has 3 N–H and O–H groups in total. The number of fused-ring (bicyclic) bond motifs is 1. The van der Waals surface area contributed by atoms with Crippen molar-refractivity contribution in [3.63, 3.8) is 0 Å². The van der Waals surface area contributed by atoms with Gasteiger partial charge in [-0.2, -0.15) is 5.26 Å². The highest BCUT2D eigenvalue weighted by Crippen LogP contribution is 2.36. The van der Waals surface area contributed by atoms with Crippen molar-refractivity contribution in [1.29, 1.82) is 5.26 Å². The Bertz CT molecular complexity index is 1570. The Labute approximate surface area is 228 Å². The number of H-pyrrole nitrogens is 1. The molecule has 0 atom stereocenters. The number of carbonyl (C=O) groups is 1.